The summed E-state index contributed by atoms with van der Waals surface area (Å²) in [6.07, 6.45) is 1.95. The Morgan fingerprint density at radius 2 is 1.87 bits per heavy atom. The van der Waals surface area contributed by atoms with Crippen LogP contribution in [0.5, 0.6) is 5.75 Å². The second-order valence-corrected chi connectivity index (χ2v) is 7.89. The highest BCUT2D eigenvalue weighted by atomic mass is 35.5. The maximum atomic E-state index is 12.7. The lowest BCUT2D eigenvalue weighted by Crippen LogP contribution is -2.28. The molecule has 30 heavy (non-hydrogen) atoms. The van der Waals surface area contributed by atoms with Crippen molar-refractivity contribution in [3.63, 3.8) is 0 Å². The van der Waals surface area contributed by atoms with Crippen LogP contribution in [0.2, 0.25) is 5.02 Å². The minimum atomic E-state index is -0.927. The number of fused-ring (bicyclic) bond motifs is 1. The summed E-state index contributed by atoms with van der Waals surface area (Å²) in [6.45, 7) is 4.56. The first-order valence-corrected chi connectivity index (χ1v) is 10.4. The Hall–Kier alpha value is -2.79. The van der Waals surface area contributed by atoms with E-state index in [-0.39, 0.29) is 18.9 Å². The summed E-state index contributed by atoms with van der Waals surface area (Å²) in [5.41, 5.74) is 5.93. The molecule has 0 fully saturated rings. The normalized spacial score (nSPS) is 12.6. The molecule has 2 aromatic rings. The Labute approximate surface area is 181 Å². The van der Waals surface area contributed by atoms with Crippen LogP contribution in [0.4, 0.5) is 0 Å². The largest absolute Gasteiger partial charge is 0.494 e. The molecule has 0 spiro atoms. The quantitative estimate of drug-likeness (QED) is 0.568. The van der Waals surface area contributed by atoms with Crippen LogP contribution in [0.15, 0.2) is 42.0 Å². The number of carboxylic acid groups (broad SMARTS) is 1. The fourth-order valence-corrected chi connectivity index (χ4v) is 3.86. The zero-order valence-electron chi connectivity index (χ0n) is 17.3. The van der Waals surface area contributed by atoms with E-state index in [2.05, 4.69) is 5.32 Å². The first-order chi connectivity index (χ1) is 14.4. The summed E-state index contributed by atoms with van der Waals surface area (Å²) >= 11 is 6.21. The number of halogens is 1. The van der Waals surface area contributed by atoms with E-state index in [1.165, 1.54) is 0 Å². The number of carbonyl (C=O) groups is 2. The van der Waals surface area contributed by atoms with Gasteiger partial charge in [0, 0.05) is 23.6 Å². The van der Waals surface area contributed by atoms with E-state index in [0.717, 1.165) is 50.6 Å². The van der Waals surface area contributed by atoms with Gasteiger partial charge in [-0.15, -0.1) is 0 Å². The molecule has 0 atom stereocenters. The molecule has 6 heteroatoms. The van der Waals surface area contributed by atoms with Crippen LogP contribution in [0.3, 0.4) is 0 Å². The van der Waals surface area contributed by atoms with Crippen LogP contribution >= 0.6 is 11.6 Å². The van der Waals surface area contributed by atoms with Gasteiger partial charge < -0.3 is 15.2 Å². The van der Waals surface area contributed by atoms with Gasteiger partial charge in [-0.1, -0.05) is 35.9 Å². The van der Waals surface area contributed by atoms with Crippen molar-refractivity contribution in [2.75, 3.05) is 13.2 Å². The molecule has 1 aliphatic rings. The van der Waals surface area contributed by atoms with E-state index in [4.69, 9.17) is 21.4 Å². The van der Waals surface area contributed by atoms with Crippen molar-refractivity contribution in [3.8, 4) is 5.75 Å². The van der Waals surface area contributed by atoms with Gasteiger partial charge in [-0.25, -0.2) is 0 Å². The predicted molar refractivity (Wildman–Crippen MR) is 118 cm³/mol. The number of hydrogen-bond donors (Lipinski definition) is 2. The van der Waals surface area contributed by atoms with Crippen molar-refractivity contribution in [2.24, 2.45) is 0 Å². The molecule has 2 aromatic carbocycles. The van der Waals surface area contributed by atoms with Gasteiger partial charge in [0.25, 0.3) is 0 Å². The molecule has 0 unspecified atom stereocenters. The molecular formula is C24H26ClNO4. The molecule has 0 radical (unpaired) electrons. The lowest BCUT2D eigenvalue weighted by molar-refractivity contribution is -0.136. The number of allylic oxidation sites excluding steroid dienone is 1. The molecule has 5 nitrogen and oxygen atoms in total. The van der Waals surface area contributed by atoms with Crippen LogP contribution in [-0.4, -0.2) is 30.1 Å². The monoisotopic (exact) mass is 427 g/mol. The summed E-state index contributed by atoms with van der Waals surface area (Å²) in [4.78, 5) is 23.4. The summed E-state index contributed by atoms with van der Waals surface area (Å²) in [5, 5.41) is 12.3. The minimum Gasteiger partial charge on any atom is -0.494 e. The first kappa shape index (κ1) is 21.9. The third kappa shape index (κ3) is 5.22. The van der Waals surface area contributed by atoms with Crippen molar-refractivity contribution in [2.45, 2.75) is 39.5 Å². The second kappa shape index (κ2) is 9.81. The lowest BCUT2D eigenvalue weighted by Gasteiger charge is -2.12. The molecular weight excluding hydrogens is 402 g/mol. The standard InChI is InChI=1S/C24H26ClNO4/c1-15-12-18(13-16(2)23(15)25)30-11-5-8-20-19-7-4-3-6-17(19)14-21(20)24(29)26-10-9-22(27)28/h3-4,6-7,12-13H,5,8-11,14H2,1-2H3,(H,26,29)(H,27,28). The van der Waals surface area contributed by atoms with Gasteiger partial charge >= 0.3 is 5.97 Å². The molecule has 0 saturated heterocycles. The topological polar surface area (TPSA) is 75.6 Å². The van der Waals surface area contributed by atoms with Gasteiger partial charge in [0.1, 0.15) is 5.75 Å². The minimum absolute atomic E-state index is 0.0882. The highest BCUT2D eigenvalue weighted by molar-refractivity contribution is 6.32. The molecule has 0 bridgehead atoms. The number of benzene rings is 2. The molecule has 0 heterocycles. The van der Waals surface area contributed by atoms with Gasteiger partial charge in [-0.05, 0) is 66.6 Å². The number of amides is 1. The molecule has 3 rings (SSSR count). The number of carboxylic acids is 1. The van der Waals surface area contributed by atoms with Gasteiger partial charge in [-0.2, -0.15) is 0 Å². The Morgan fingerprint density at radius 1 is 1.17 bits per heavy atom. The van der Waals surface area contributed by atoms with Gasteiger partial charge in [0.2, 0.25) is 5.91 Å². The number of rotatable bonds is 9. The average Bonchev–Trinajstić information content (AvgIpc) is 3.07. The number of aryl methyl sites for hydroxylation is 2. The number of ether oxygens (including phenoxy) is 1. The van der Waals surface area contributed by atoms with Crippen LogP contribution < -0.4 is 10.1 Å². The third-order valence-electron chi connectivity index (χ3n) is 5.22. The van der Waals surface area contributed by atoms with Gasteiger partial charge in [0.05, 0.1) is 13.0 Å². The molecule has 0 aliphatic heterocycles. The molecule has 0 saturated carbocycles. The summed E-state index contributed by atoms with van der Waals surface area (Å²) in [5.74, 6) is -0.321. The SMILES string of the molecule is Cc1cc(OCCCC2=C(C(=O)NCCC(=O)O)Cc3ccccc32)cc(C)c1Cl. The Kier molecular flexibility index (Phi) is 7.16. The van der Waals surface area contributed by atoms with E-state index in [9.17, 15) is 9.59 Å². The van der Waals surface area contributed by atoms with E-state index in [0.29, 0.717) is 19.4 Å². The lowest BCUT2D eigenvalue weighted by atomic mass is 10.0. The van der Waals surface area contributed by atoms with Crippen LogP contribution in [-0.2, 0) is 16.0 Å². The van der Waals surface area contributed by atoms with Gasteiger partial charge in [-0.3, -0.25) is 9.59 Å². The van der Waals surface area contributed by atoms with E-state index >= 15 is 0 Å². The molecule has 1 amide bonds. The van der Waals surface area contributed by atoms with E-state index < -0.39 is 5.97 Å². The molecule has 0 aromatic heterocycles. The number of nitrogens with one attached hydrogen (secondary N) is 1. The number of aliphatic carboxylic acids is 1. The number of hydrogen-bond acceptors (Lipinski definition) is 3. The Morgan fingerprint density at radius 3 is 2.57 bits per heavy atom. The Bertz CT molecular complexity index is 973. The van der Waals surface area contributed by atoms with Crippen molar-refractivity contribution in [3.05, 3.63) is 69.2 Å². The highest BCUT2D eigenvalue weighted by Gasteiger charge is 2.25. The second-order valence-electron chi connectivity index (χ2n) is 7.51. The highest BCUT2D eigenvalue weighted by Crippen LogP contribution is 2.36. The zero-order valence-corrected chi connectivity index (χ0v) is 18.0. The maximum absolute atomic E-state index is 12.7. The van der Waals surface area contributed by atoms with Crippen LogP contribution in [0.25, 0.3) is 5.57 Å². The summed E-state index contributed by atoms with van der Waals surface area (Å²) < 4.78 is 5.91. The fraction of sp³-hybridized carbons (Fsp3) is 0.333. The molecule has 2 N–H and O–H groups in total. The smallest absolute Gasteiger partial charge is 0.305 e. The predicted octanol–water partition coefficient (Wildman–Crippen LogP) is 4.72. The van der Waals surface area contributed by atoms with Crippen molar-refractivity contribution < 1.29 is 19.4 Å². The van der Waals surface area contributed by atoms with Crippen molar-refractivity contribution in [1.29, 1.82) is 0 Å². The number of carbonyl (C=O) groups excluding carboxylic acids is 1. The van der Waals surface area contributed by atoms with Crippen LogP contribution in [0, 0.1) is 13.8 Å². The first-order valence-electron chi connectivity index (χ1n) is 10.1. The van der Waals surface area contributed by atoms with Gasteiger partial charge in [0.15, 0.2) is 0 Å². The molecule has 1 aliphatic carbocycles. The fourth-order valence-electron chi connectivity index (χ4n) is 3.75. The van der Waals surface area contributed by atoms with Crippen molar-refractivity contribution >= 4 is 29.1 Å². The summed E-state index contributed by atoms with van der Waals surface area (Å²) in [6, 6.07) is 11.9. The molecule has 158 valence electrons. The third-order valence-corrected chi connectivity index (χ3v) is 5.82. The average molecular weight is 428 g/mol. The summed E-state index contributed by atoms with van der Waals surface area (Å²) in [7, 11) is 0. The van der Waals surface area contributed by atoms with E-state index in [1.807, 2.05) is 50.2 Å². The van der Waals surface area contributed by atoms with E-state index in [1.54, 1.807) is 0 Å². The van der Waals surface area contributed by atoms with Crippen molar-refractivity contribution in [1.82, 2.24) is 5.32 Å². The maximum Gasteiger partial charge on any atom is 0.305 e. The Balaban J connectivity index is 1.65. The van der Waals surface area contributed by atoms with Crippen LogP contribution in [0.1, 0.15) is 41.5 Å². The zero-order chi connectivity index (χ0) is 21.7.